The number of hydrogen-bond donors (Lipinski definition) is 1. The Morgan fingerprint density at radius 2 is 1.95 bits per heavy atom. The van der Waals surface area contributed by atoms with Crippen molar-refractivity contribution in [3.05, 3.63) is 51.2 Å². The molecule has 2 nitrogen and oxygen atoms in total. The summed E-state index contributed by atoms with van der Waals surface area (Å²) in [7, 11) is 0. The van der Waals surface area contributed by atoms with Crippen LogP contribution in [0.25, 0.3) is 0 Å². The average molecular weight is 275 g/mol. The van der Waals surface area contributed by atoms with E-state index >= 15 is 0 Å². The number of rotatable bonds is 6. The molecule has 0 aliphatic heterocycles. The summed E-state index contributed by atoms with van der Waals surface area (Å²) in [5, 5.41) is 5.56. The Morgan fingerprint density at radius 3 is 2.68 bits per heavy atom. The van der Waals surface area contributed by atoms with Crippen molar-refractivity contribution in [1.29, 1.82) is 0 Å². The van der Waals surface area contributed by atoms with Crippen molar-refractivity contribution in [2.45, 2.75) is 27.3 Å². The van der Waals surface area contributed by atoms with Crippen molar-refractivity contribution >= 4 is 11.3 Å². The Kier molecular flexibility index (Phi) is 5.00. The Hall–Kier alpha value is -1.32. The van der Waals surface area contributed by atoms with Crippen molar-refractivity contribution in [2.24, 2.45) is 0 Å². The number of benzene rings is 1. The Balaban J connectivity index is 1.72. The van der Waals surface area contributed by atoms with Gasteiger partial charge in [0.05, 0.1) is 0 Å². The van der Waals surface area contributed by atoms with E-state index in [-0.39, 0.29) is 0 Å². The first-order valence-electron chi connectivity index (χ1n) is 6.61. The zero-order chi connectivity index (χ0) is 13.7. The van der Waals surface area contributed by atoms with Gasteiger partial charge in [-0.15, -0.1) is 11.3 Å². The van der Waals surface area contributed by atoms with Crippen molar-refractivity contribution in [1.82, 2.24) is 5.32 Å². The molecule has 0 fully saturated rings. The Bertz CT molecular complexity index is 533. The SMILES string of the molecule is Cc1ccsc1CNCCOc1cccc(C)c1C. The summed E-state index contributed by atoms with van der Waals surface area (Å²) in [5.41, 5.74) is 3.88. The number of ether oxygens (including phenoxy) is 1. The van der Waals surface area contributed by atoms with Gasteiger partial charge in [0.15, 0.2) is 0 Å². The highest BCUT2D eigenvalue weighted by Crippen LogP contribution is 2.20. The molecule has 0 aliphatic carbocycles. The molecular formula is C16H21NOS. The van der Waals surface area contributed by atoms with Gasteiger partial charge in [-0.1, -0.05) is 12.1 Å². The number of hydrogen-bond acceptors (Lipinski definition) is 3. The zero-order valence-corrected chi connectivity index (χ0v) is 12.6. The fourth-order valence-corrected chi connectivity index (χ4v) is 2.78. The van der Waals surface area contributed by atoms with E-state index in [2.05, 4.69) is 43.6 Å². The molecule has 1 aromatic heterocycles. The molecule has 0 bridgehead atoms. The first kappa shape index (κ1) is 14.1. The molecule has 0 unspecified atom stereocenters. The monoisotopic (exact) mass is 275 g/mol. The van der Waals surface area contributed by atoms with E-state index in [1.54, 1.807) is 11.3 Å². The molecule has 1 heterocycles. The lowest BCUT2D eigenvalue weighted by Crippen LogP contribution is -2.20. The van der Waals surface area contributed by atoms with Gasteiger partial charge in [-0.2, -0.15) is 0 Å². The van der Waals surface area contributed by atoms with Crippen LogP contribution < -0.4 is 10.1 Å². The molecule has 19 heavy (non-hydrogen) atoms. The Morgan fingerprint density at radius 1 is 1.11 bits per heavy atom. The number of nitrogens with one attached hydrogen (secondary N) is 1. The van der Waals surface area contributed by atoms with E-state index in [9.17, 15) is 0 Å². The molecule has 102 valence electrons. The van der Waals surface area contributed by atoms with E-state index in [4.69, 9.17) is 4.74 Å². The topological polar surface area (TPSA) is 21.3 Å². The van der Waals surface area contributed by atoms with E-state index in [0.29, 0.717) is 6.61 Å². The van der Waals surface area contributed by atoms with Gasteiger partial charge < -0.3 is 10.1 Å². The van der Waals surface area contributed by atoms with Gasteiger partial charge in [0.2, 0.25) is 0 Å². The zero-order valence-electron chi connectivity index (χ0n) is 11.8. The van der Waals surface area contributed by atoms with Gasteiger partial charge >= 0.3 is 0 Å². The fourth-order valence-electron chi connectivity index (χ4n) is 1.90. The lowest BCUT2D eigenvalue weighted by Gasteiger charge is -2.11. The highest BCUT2D eigenvalue weighted by Gasteiger charge is 2.02. The van der Waals surface area contributed by atoms with E-state index in [0.717, 1.165) is 18.8 Å². The number of aryl methyl sites for hydroxylation is 2. The summed E-state index contributed by atoms with van der Waals surface area (Å²) < 4.78 is 5.81. The second-order valence-corrected chi connectivity index (χ2v) is 5.75. The van der Waals surface area contributed by atoms with Gasteiger partial charge in [0, 0.05) is 18.0 Å². The smallest absolute Gasteiger partial charge is 0.122 e. The lowest BCUT2D eigenvalue weighted by atomic mass is 10.1. The summed E-state index contributed by atoms with van der Waals surface area (Å²) in [4.78, 5) is 1.41. The van der Waals surface area contributed by atoms with Crippen molar-refractivity contribution in [3.63, 3.8) is 0 Å². The third-order valence-corrected chi connectivity index (χ3v) is 4.37. The summed E-state index contributed by atoms with van der Waals surface area (Å²) in [5.74, 6) is 0.995. The van der Waals surface area contributed by atoms with Crippen LogP contribution in [-0.2, 0) is 6.54 Å². The first-order valence-corrected chi connectivity index (χ1v) is 7.49. The van der Waals surface area contributed by atoms with Crippen LogP contribution in [-0.4, -0.2) is 13.2 Å². The van der Waals surface area contributed by atoms with Crippen LogP contribution in [0.2, 0.25) is 0 Å². The number of thiophene rings is 1. The predicted octanol–water partition coefficient (Wildman–Crippen LogP) is 3.84. The third kappa shape index (κ3) is 3.82. The summed E-state index contributed by atoms with van der Waals surface area (Å²) in [6.07, 6.45) is 0. The maximum atomic E-state index is 5.81. The predicted molar refractivity (Wildman–Crippen MR) is 82.2 cm³/mol. The minimum absolute atomic E-state index is 0.703. The molecule has 2 aromatic rings. The minimum Gasteiger partial charge on any atom is -0.492 e. The summed E-state index contributed by atoms with van der Waals surface area (Å²) in [6.45, 7) is 8.87. The van der Waals surface area contributed by atoms with Crippen LogP contribution in [0.1, 0.15) is 21.6 Å². The van der Waals surface area contributed by atoms with Crippen LogP contribution in [0, 0.1) is 20.8 Å². The van der Waals surface area contributed by atoms with Crippen LogP contribution in [0.5, 0.6) is 5.75 Å². The van der Waals surface area contributed by atoms with Crippen LogP contribution in [0.4, 0.5) is 0 Å². The van der Waals surface area contributed by atoms with Crippen LogP contribution >= 0.6 is 11.3 Å². The van der Waals surface area contributed by atoms with Crippen LogP contribution in [0.3, 0.4) is 0 Å². The standard InChI is InChI=1S/C16H21NOS/c1-12-5-4-6-15(14(12)3)18-9-8-17-11-16-13(2)7-10-19-16/h4-7,10,17H,8-9,11H2,1-3H3. The van der Waals surface area contributed by atoms with E-state index in [1.165, 1.54) is 21.6 Å². The maximum Gasteiger partial charge on any atom is 0.122 e. The molecule has 3 heteroatoms. The van der Waals surface area contributed by atoms with Gasteiger partial charge in [-0.25, -0.2) is 0 Å². The molecular weight excluding hydrogens is 254 g/mol. The molecule has 0 spiro atoms. The summed E-state index contributed by atoms with van der Waals surface area (Å²) in [6, 6.07) is 8.35. The molecule has 0 amide bonds. The molecule has 1 aromatic carbocycles. The summed E-state index contributed by atoms with van der Waals surface area (Å²) >= 11 is 1.81. The second kappa shape index (κ2) is 6.73. The normalized spacial score (nSPS) is 10.7. The Labute approximate surface area is 119 Å². The lowest BCUT2D eigenvalue weighted by molar-refractivity contribution is 0.311. The highest BCUT2D eigenvalue weighted by atomic mass is 32.1. The van der Waals surface area contributed by atoms with E-state index < -0.39 is 0 Å². The third-order valence-electron chi connectivity index (χ3n) is 3.35. The van der Waals surface area contributed by atoms with Gasteiger partial charge in [0.25, 0.3) is 0 Å². The fraction of sp³-hybridized carbons (Fsp3) is 0.375. The van der Waals surface area contributed by atoms with Crippen LogP contribution in [0.15, 0.2) is 29.6 Å². The molecule has 0 atom stereocenters. The first-order chi connectivity index (χ1) is 9.18. The molecule has 1 N–H and O–H groups in total. The minimum atomic E-state index is 0.703. The quantitative estimate of drug-likeness (QED) is 0.809. The van der Waals surface area contributed by atoms with Gasteiger partial charge in [-0.05, 0) is 55.0 Å². The van der Waals surface area contributed by atoms with Gasteiger partial charge in [-0.3, -0.25) is 0 Å². The molecule has 0 aliphatic rings. The largest absolute Gasteiger partial charge is 0.492 e. The maximum absolute atomic E-state index is 5.81. The average Bonchev–Trinajstić information content (AvgIpc) is 2.80. The molecule has 0 radical (unpaired) electrons. The van der Waals surface area contributed by atoms with E-state index in [1.807, 2.05) is 12.1 Å². The molecule has 0 saturated carbocycles. The van der Waals surface area contributed by atoms with Gasteiger partial charge in [0.1, 0.15) is 12.4 Å². The van der Waals surface area contributed by atoms with Crippen molar-refractivity contribution < 1.29 is 4.74 Å². The molecule has 0 saturated heterocycles. The molecule has 2 rings (SSSR count). The van der Waals surface area contributed by atoms with Crippen molar-refractivity contribution in [2.75, 3.05) is 13.2 Å². The van der Waals surface area contributed by atoms with Crippen molar-refractivity contribution in [3.8, 4) is 5.75 Å². The highest BCUT2D eigenvalue weighted by molar-refractivity contribution is 7.10. The second-order valence-electron chi connectivity index (χ2n) is 4.75.